The monoisotopic (exact) mass is 151 g/mol. The molecule has 2 rings (SSSR count). The maximum atomic E-state index is 2.18. The maximum absolute atomic E-state index is 2.18. The van der Waals surface area contributed by atoms with Crippen molar-refractivity contribution in [2.24, 2.45) is 0 Å². The van der Waals surface area contributed by atoms with Gasteiger partial charge >= 0.3 is 18.9 Å². The minimum atomic E-state index is 0. The zero-order chi connectivity index (χ0) is 7.84. The Morgan fingerprint density at radius 2 is 1.75 bits per heavy atom. The van der Waals surface area contributed by atoms with Crippen LogP contribution in [0, 0.1) is 12.8 Å². The van der Waals surface area contributed by atoms with Gasteiger partial charge in [-0.1, -0.05) is 37.3 Å². The number of allylic oxidation sites excluding steroid dienone is 1. The first-order valence-electron chi connectivity index (χ1n) is 3.90. The summed E-state index contributed by atoms with van der Waals surface area (Å²) in [6.45, 7) is 4.32. The van der Waals surface area contributed by atoms with Crippen molar-refractivity contribution in [1.29, 1.82) is 0 Å². The van der Waals surface area contributed by atoms with Gasteiger partial charge in [-0.15, -0.1) is 0 Å². The molecule has 1 radical (unpaired) electrons. The van der Waals surface area contributed by atoms with Crippen LogP contribution in [0.5, 0.6) is 0 Å². The van der Waals surface area contributed by atoms with E-state index in [-0.39, 0.29) is 18.9 Å². The van der Waals surface area contributed by atoms with Crippen LogP contribution >= 0.6 is 0 Å². The normalized spacial score (nSPS) is 14.2. The van der Waals surface area contributed by atoms with E-state index in [9.17, 15) is 0 Å². The van der Waals surface area contributed by atoms with Gasteiger partial charge in [0.1, 0.15) is 0 Å². The molecule has 0 saturated carbocycles. The van der Waals surface area contributed by atoms with Crippen LogP contribution < -0.4 is 0 Å². The van der Waals surface area contributed by atoms with E-state index < -0.39 is 0 Å². The van der Waals surface area contributed by atoms with Gasteiger partial charge < -0.3 is 0 Å². The van der Waals surface area contributed by atoms with E-state index in [0.29, 0.717) is 0 Å². The number of fused-ring (bicyclic) bond motifs is 1. The summed E-state index contributed by atoms with van der Waals surface area (Å²) in [5.41, 5.74) is 4.17. The summed E-state index contributed by atoms with van der Waals surface area (Å²) < 4.78 is 0. The summed E-state index contributed by atoms with van der Waals surface area (Å²) in [7, 11) is 0. The van der Waals surface area contributed by atoms with Crippen molar-refractivity contribution < 1.29 is 0 Å². The number of hydrogen-bond donors (Lipinski definition) is 0. The Labute approximate surface area is 85.9 Å². The van der Waals surface area contributed by atoms with Crippen LogP contribution in [0.2, 0.25) is 0 Å². The Kier molecular flexibility index (Phi) is 2.83. The standard InChI is InChI=1S/C11H11.Li.H/c1-8-4-3-5-10-7-6-9(2)11(8)10;;/h3-7H,1-2H3;;. The van der Waals surface area contributed by atoms with Crippen molar-refractivity contribution in [3.63, 3.8) is 0 Å². The van der Waals surface area contributed by atoms with E-state index in [1.165, 1.54) is 22.6 Å². The number of rotatable bonds is 0. The van der Waals surface area contributed by atoms with Gasteiger partial charge in [-0.2, -0.15) is 0 Å². The summed E-state index contributed by atoms with van der Waals surface area (Å²) in [5.74, 6) is 1.39. The molecule has 0 aliphatic heterocycles. The molecule has 0 aromatic heterocycles. The average Bonchev–Trinajstić information content (AvgIpc) is 2.34. The minimum absolute atomic E-state index is 0. The van der Waals surface area contributed by atoms with Crippen LogP contribution in [0.25, 0.3) is 6.08 Å². The van der Waals surface area contributed by atoms with Crippen LogP contribution in [-0.2, 0) is 0 Å². The molecule has 0 amide bonds. The number of hydrogen-bond acceptors (Lipinski definition) is 0. The first kappa shape index (κ1) is 9.64. The van der Waals surface area contributed by atoms with Gasteiger partial charge in [0.15, 0.2) is 0 Å². The Morgan fingerprint density at radius 3 is 2.42 bits per heavy atom. The molecule has 57 valence electrons. The summed E-state index contributed by atoms with van der Waals surface area (Å²) in [4.78, 5) is 0. The Balaban J connectivity index is 0.000000720. The second-order valence-electron chi connectivity index (χ2n) is 3.06. The molecule has 0 N–H and O–H groups in total. The first-order chi connectivity index (χ1) is 5.29. The van der Waals surface area contributed by atoms with Gasteiger partial charge in [0.05, 0.1) is 0 Å². The fraction of sp³-hybridized carbons (Fsp3) is 0.182. The summed E-state index contributed by atoms with van der Waals surface area (Å²) in [6.07, 6.45) is 4.36. The van der Waals surface area contributed by atoms with E-state index in [4.69, 9.17) is 0 Å². The quantitative estimate of drug-likeness (QED) is 0.499. The van der Waals surface area contributed by atoms with Crippen molar-refractivity contribution in [3.05, 3.63) is 46.9 Å². The molecular formula is C11H12Li. The molecule has 1 aromatic carbocycles. The third-order valence-electron chi connectivity index (χ3n) is 2.21. The van der Waals surface area contributed by atoms with E-state index in [1.54, 1.807) is 0 Å². The SMILES string of the molecule is C[C]1C=Cc2cccc(C)c21.[LiH]. The van der Waals surface area contributed by atoms with Crippen molar-refractivity contribution in [2.75, 3.05) is 0 Å². The number of benzene rings is 1. The molecule has 0 heterocycles. The average molecular weight is 151 g/mol. The van der Waals surface area contributed by atoms with Crippen molar-refractivity contribution >= 4 is 24.9 Å². The Hall–Kier alpha value is -0.443. The fourth-order valence-corrected chi connectivity index (χ4v) is 1.67. The molecule has 0 saturated heterocycles. The second-order valence-corrected chi connectivity index (χ2v) is 3.06. The third kappa shape index (κ3) is 1.38. The third-order valence-corrected chi connectivity index (χ3v) is 2.21. The van der Waals surface area contributed by atoms with Crippen LogP contribution in [0.1, 0.15) is 23.6 Å². The molecule has 1 heteroatoms. The fourth-order valence-electron chi connectivity index (χ4n) is 1.67. The zero-order valence-electron chi connectivity index (χ0n) is 6.89. The summed E-state index contributed by atoms with van der Waals surface area (Å²) >= 11 is 0. The van der Waals surface area contributed by atoms with Gasteiger partial charge in [-0.3, -0.25) is 0 Å². The van der Waals surface area contributed by atoms with Crippen LogP contribution in [0.15, 0.2) is 24.3 Å². The van der Waals surface area contributed by atoms with Gasteiger partial charge in [0.2, 0.25) is 0 Å². The molecule has 0 nitrogen and oxygen atoms in total. The van der Waals surface area contributed by atoms with E-state index in [0.717, 1.165) is 0 Å². The van der Waals surface area contributed by atoms with Gasteiger partial charge in [-0.05, 0) is 23.6 Å². The number of aryl methyl sites for hydroxylation is 1. The molecule has 0 fully saturated rings. The van der Waals surface area contributed by atoms with Crippen LogP contribution in [0.4, 0.5) is 0 Å². The van der Waals surface area contributed by atoms with Crippen molar-refractivity contribution in [2.45, 2.75) is 13.8 Å². The molecule has 0 bridgehead atoms. The Bertz CT molecular complexity index is 313. The van der Waals surface area contributed by atoms with E-state index >= 15 is 0 Å². The molecule has 0 unspecified atom stereocenters. The summed E-state index contributed by atoms with van der Waals surface area (Å²) in [5, 5.41) is 0. The van der Waals surface area contributed by atoms with Gasteiger partial charge in [0.25, 0.3) is 0 Å². The van der Waals surface area contributed by atoms with Gasteiger partial charge in [-0.25, -0.2) is 0 Å². The molecule has 1 aromatic rings. The zero-order valence-corrected chi connectivity index (χ0v) is 6.89. The van der Waals surface area contributed by atoms with E-state index in [1.807, 2.05) is 0 Å². The molecule has 0 atom stereocenters. The van der Waals surface area contributed by atoms with Crippen molar-refractivity contribution in [3.8, 4) is 0 Å². The topological polar surface area (TPSA) is 0 Å². The molecule has 1 aliphatic rings. The first-order valence-corrected chi connectivity index (χ1v) is 3.90. The second kappa shape index (κ2) is 3.52. The molecule has 12 heavy (non-hydrogen) atoms. The molecule has 0 spiro atoms. The summed E-state index contributed by atoms with van der Waals surface area (Å²) in [6, 6.07) is 6.43. The van der Waals surface area contributed by atoms with Crippen molar-refractivity contribution in [1.82, 2.24) is 0 Å². The Morgan fingerprint density at radius 1 is 1.00 bits per heavy atom. The van der Waals surface area contributed by atoms with Crippen LogP contribution in [0.3, 0.4) is 0 Å². The molecule has 1 aliphatic carbocycles. The van der Waals surface area contributed by atoms with Crippen LogP contribution in [-0.4, -0.2) is 18.9 Å². The van der Waals surface area contributed by atoms with Gasteiger partial charge in [0, 0.05) is 5.92 Å². The van der Waals surface area contributed by atoms with E-state index in [2.05, 4.69) is 44.2 Å². The molecular weight excluding hydrogens is 139 g/mol. The predicted molar refractivity (Wildman–Crippen MR) is 55.4 cm³/mol. The predicted octanol–water partition coefficient (Wildman–Crippen LogP) is 2.32.